The third-order valence-electron chi connectivity index (χ3n) is 4.36. The number of hydrogen-bond acceptors (Lipinski definition) is 6. The summed E-state index contributed by atoms with van der Waals surface area (Å²) in [5.41, 5.74) is 0.110. The molecule has 1 aromatic heterocycles. The molecule has 1 saturated carbocycles. The van der Waals surface area contributed by atoms with Crippen molar-refractivity contribution in [1.82, 2.24) is 15.5 Å². The Bertz CT molecular complexity index is 763. The van der Waals surface area contributed by atoms with Gasteiger partial charge in [0.05, 0.1) is 11.3 Å². The third-order valence-corrected chi connectivity index (χ3v) is 5.29. The zero-order valence-electron chi connectivity index (χ0n) is 14.1. The summed E-state index contributed by atoms with van der Waals surface area (Å²) in [6.07, 6.45) is 4.49. The molecule has 3 rings (SSSR count). The Balaban J connectivity index is 1.62. The van der Waals surface area contributed by atoms with Gasteiger partial charge < -0.3 is 9.73 Å². The molecule has 7 heteroatoms. The zero-order valence-corrected chi connectivity index (χ0v) is 14.9. The standard InChI is InChI=1S/C18H20N4O2S/c1-13(15(23)20-18(12-19)10-6-3-7-11-18)25-17-22-21-16(24-17)14-8-4-2-5-9-14/h2,4-5,8-9,13H,3,6-7,10-11H2,1H3,(H,20,23)/t13-/m1/s1. The van der Waals surface area contributed by atoms with Crippen molar-refractivity contribution in [1.29, 1.82) is 5.26 Å². The lowest BCUT2D eigenvalue weighted by Gasteiger charge is -2.32. The van der Waals surface area contributed by atoms with Gasteiger partial charge in [0.25, 0.3) is 5.22 Å². The normalized spacial score (nSPS) is 17.4. The van der Waals surface area contributed by atoms with Gasteiger partial charge in [-0.15, -0.1) is 10.2 Å². The topological polar surface area (TPSA) is 91.8 Å². The van der Waals surface area contributed by atoms with E-state index in [-0.39, 0.29) is 5.91 Å². The van der Waals surface area contributed by atoms with Crippen LogP contribution in [-0.4, -0.2) is 26.9 Å². The van der Waals surface area contributed by atoms with E-state index in [0.29, 0.717) is 24.0 Å². The summed E-state index contributed by atoms with van der Waals surface area (Å²) in [4.78, 5) is 12.5. The first-order valence-corrected chi connectivity index (χ1v) is 9.29. The third kappa shape index (κ3) is 4.20. The maximum absolute atomic E-state index is 12.5. The van der Waals surface area contributed by atoms with Crippen LogP contribution in [0.25, 0.3) is 11.5 Å². The van der Waals surface area contributed by atoms with Crippen LogP contribution < -0.4 is 5.32 Å². The van der Waals surface area contributed by atoms with Crippen molar-refractivity contribution in [3.8, 4) is 17.5 Å². The molecule has 1 aliphatic carbocycles. The number of aromatic nitrogens is 2. The molecule has 0 saturated heterocycles. The van der Waals surface area contributed by atoms with Gasteiger partial charge in [0.2, 0.25) is 11.8 Å². The fraction of sp³-hybridized carbons (Fsp3) is 0.444. The molecule has 1 fully saturated rings. The minimum atomic E-state index is -0.728. The van der Waals surface area contributed by atoms with Crippen LogP contribution in [0.4, 0.5) is 0 Å². The predicted octanol–water partition coefficient (Wildman–Crippen LogP) is 3.56. The summed E-state index contributed by atoms with van der Waals surface area (Å²) >= 11 is 1.20. The molecule has 0 unspecified atom stereocenters. The molecule has 25 heavy (non-hydrogen) atoms. The van der Waals surface area contributed by atoms with Crippen LogP contribution in [0.3, 0.4) is 0 Å². The molecular weight excluding hydrogens is 336 g/mol. The van der Waals surface area contributed by atoms with Gasteiger partial charge in [0.1, 0.15) is 5.54 Å². The Hall–Kier alpha value is -2.33. The van der Waals surface area contributed by atoms with Crippen LogP contribution in [0.2, 0.25) is 0 Å². The maximum Gasteiger partial charge on any atom is 0.277 e. The Morgan fingerprint density at radius 2 is 2.00 bits per heavy atom. The van der Waals surface area contributed by atoms with Crippen LogP contribution >= 0.6 is 11.8 Å². The SMILES string of the molecule is C[C@@H](Sc1nnc(-c2ccccc2)o1)C(=O)NC1(C#N)CCCCC1. The fourth-order valence-corrected chi connectivity index (χ4v) is 3.60. The lowest BCUT2D eigenvalue weighted by molar-refractivity contribution is -0.122. The summed E-state index contributed by atoms with van der Waals surface area (Å²) in [7, 11) is 0. The lowest BCUT2D eigenvalue weighted by atomic mass is 9.83. The number of hydrogen-bond donors (Lipinski definition) is 1. The molecule has 130 valence electrons. The van der Waals surface area contributed by atoms with E-state index in [9.17, 15) is 10.1 Å². The molecule has 1 atom stereocenters. The van der Waals surface area contributed by atoms with Crippen LogP contribution in [0.15, 0.2) is 40.0 Å². The average molecular weight is 356 g/mol. The van der Waals surface area contributed by atoms with Crippen molar-refractivity contribution in [2.75, 3.05) is 0 Å². The van der Waals surface area contributed by atoms with Gasteiger partial charge >= 0.3 is 0 Å². The Morgan fingerprint density at radius 1 is 1.28 bits per heavy atom. The number of nitrogens with one attached hydrogen (secondary N) is 1. The first-order valence-electron chi connectivity index (χ1n) is 8.41. The van der Waals surface area contributed by atoms with Crippen molar-refractivity contribution in [3.05, 3.63) is 30.3 Å². The first kappa shape index (κ1) is 17.5. The van der Waals surface area contributed by atoms with Crippen molar-refractivity contribution < 1.29 is 9.21 Å². The molecule has 1 amide bonds. The van der Waals surface area contributed by atoms with E-state index >= 15 is 0 Å². The minimum absolute atomic E-state index is 0.173. The van der Waals surface area contributed by atoms with E-state index in [2.05, 4.69) is 21.6 Å². The highest BCUT2D eigenvalue weighted by atomic mass is 32.2. The smallest absolute Gasteiger partial charge is 0.277 e. The van der Waals surface area contributed by atoms with E-state index in [0.717, 1.165) is 24.8 Å². The van der Waals surface area contributed by atoms with E-state index in [1.54, 1.807) is 6.92 Å². The Morgan fingerprint density at radius 3 is 2.68 bits per heavy atom. The summed E-state index contributed by atoms with van der Waals surface area (Å²) in [6, 6.07) is 11.8. The lowest BCUT2D eigenvalue weighted by Crippen LogP contribution is -2.50. The molecule has 2 aromatic rings. The molecule has 6 nitrogen and oxygen atoms in total. The van der Waals surface area contributed by atoms with Crippen LogP contribution in [0, 0.1) is 11.3 Å². The van der Waals surface area contributed by atoms with Gasteiger partial charge in [-0.2, -0.15) is 5.26 Å². The Labute approximate surface area is 151 Å². The van der Waals surface area contributed by atoms with Gasteiger partial charge in [-0.3, -0.25) is 4.79 Å². The second-order valence-corrected chi connectivity index (χ2v) is 7.54. The zero-order chi connectivity index (χ0) is 17.7. The van der Waals surface area contributed by atoms with E-state index in [4.69, 9.17) is 4.42 Å². The van der Waals surface area contributed by atoms with Crippen LogP contribution in [0.1, 0.15) is 39.0 Å². The van der Waals surface area contributed by atoms with Crippen LogP contribution in [-0.2, 0) is 4.79 Å². The molecule has 0 bridgehead atoms. The van der Waals surface area contributed by atoms with Crippen molar-refractivity contribution >= 4 is 17.7 Å². The number of thioether (sulfide) groups is 1. The second kappa shape index (κ2) is 7.70. The molecule has 1 aliphatic rings. The van der Waals surface area contributed by atoms with Gasteiger partial charge in [-0.25, -0.2) is 0 Å². The summed E-state index contributed by atoms with van der Waals surface area (Å²) < 4.78 is 5.63. The van der Waals surface area contributed by atoms with E-state index in [1.807, 2.05) is 30.3 Å². The van der Waals surface area contributed by atoms with Gasteiger partial charge in [-0.05, 0) is 31.9 Å². The van der Waals surface area contributed by atoms with Crippen molar-refractivity contribution in [3.63, 3.8) is 0 Å². The predicted molar refractivity (Wildman–Crippen MR) is 94.6 cm³/mol. The van der Waals surface area contributed by atoms with Crippen LogP contribution in [0.5, 0.6) is 0 Å². The highest BCUT2D eigenvalue weighted by Crippen LogP contribution is 2.30. The number of carbonyl (C=O) groups is 1. The maximum atomic E-state index is 12.5. The quantitative estimate of drug-likeness (QED) is 0.824. The molecular formula is C18H20N4O2S. The molecule has 1 aromatic carbocycles. The van der Waals surface area contributed by atoms with Gasteiger partial charge in [0.15, 0.2) is 0 Å². The number of nitriles is 1. The highest BCUT2D eigenvalue weighted by molar-refractivity contribution is 8.00. The number of nitrogens with zero attached hydrogens (tertiary/aromatic N) is 3. The second-order valence-electron chi connectivity index (χ2n) is 6.24. The number of carbonyl (C=O) groups excluding carboxylic acids is 1. The average Bonchev–Trinajstić information content (AvgIpc) is 3.11. The summed E-state index contributed by atoms with van der Waals surface area (Å²) in [5.74, 6) is 0.254. The molecule has 0 spiro atoms. The van der Waals surface area contributed by atoms with E-state index in [1.165, 1.54) is 11.8 Å². The van der Waals surface area contributed by atoms with Crippen molar-refractivity contribution in [2.24, 2.45) is 0 Å². The number of rotatable bonds is 5. The summed E-state index contributed by atoms with van der Waals surface area (Å²) in [5, 5.41) is 20.4. The van der Waals surface area contributed by atoms with Gasteiger partial charge in [-0.1, -0.05) is 49.2 Å². The summed E-state index contributed by atoms with van der Waals surface area (Å²) in [6.45, 7) is 1.78. The largest absolute Gasteiger partial charge is 0.411 e. The molecule has 1 N–H and O–H groups in total. The number of benzene rings is 1. The fourth-order valence-electron chi connectivity index (χ4n) is 2.92. The highest BCUT2D eigenvalue weighted by Gasteiger charge is 2.35. The van der Waals surface area contributed by atoms with Gasteiger partial charge in [0, 0.05) is 5.56 Å². The minimum Gasteiger partial charge on any atom is -0.411 e. The molecule has 1 heterocycles. The monoisotopic (exact) mass is 356 g/mol. The molecule has 0 radical (unpaired) electrons. The Kier molecular flexibility index (Phi) is 5.39. The van der Waals surface area contributed by atoms with E-state index < -0.39 is 10.8 Å². The number of amides is 1. The van der Waals surface area contributed by atoms with Crippen molar-refractivity contribution in [2.45, 2.75) is 55.0 Å². The first-order chi connectivity index (χ1) is 12.1. The molecule has 0 aliphatic heterocycles.